The molecule has 3 rings (SSSR count). The number of fused-ring (bicyclic) bond motifs is 1. The molecule has 0 bridgehead atoms. The number of piperidine rings is 1. The molecule has 1 aromatic carbocycles. The summed E-state index contributed by atoms with van der Waals surface area (Å²) < 4.78 is 5.99. The van der Waals surface area contributed by atoms with Crippen LogP contribution in [0.15, 0.2) is 27.4 Å². The van der Waals surface area contributed by atoms with E-state index in [1.165, 1.54) is 0 Å². The summed E-state index contributed by atoms with van der Waals surface area (Å²) in [5.74, 6) is 1.22. The summed E-state index contributed by atoms with van der Waals surface area (Å²) in [5.41, 5.74) is 3.11. The van der Waals surface area contributed by atoms with Gasteiger partial charge in [0.1, 0.15) is 11.3 Å². The number of nitrogens with one attached hydrogen (secondary N) is 1. The summed E-state index contributed by atoms with van der Waals surface area (Å²) in [4.78, 5) is 12.2. The van der Waals surface area contributed by atoms with E-state index in [9.17, 15) is 4.79 Å². The summed E-state index contributed by atoms with van der Waals surface area (Å²) in [6.07, 6.45) is 2.08. The minimum atomic E-state index is 0. The molecule has 4 heteroatoms. The van der Waals surface area contributed by atoms with Crippen molar-refractivity contribution in [2.75, 3.05) is 13.1 Å². The smallest absolute Gasteiger partial charge is 0.192 e. The van der Waals surface area contributed by atoms with Gasteiger partial charge in [-0.2, -0.15) is 0 Å². The minimum Gasteiger partial charge on any atom is -0.461 e. The third kappa shape index (κ3) is 2.74. The van der Waals surface area contributed by atoms with Gasteiger partial charge in [0, 0.05) is 12.0 Å². The predicted octanol–water partition coefficient (Wildman–Crippen LogP) is 3.30. The van der Waals surface area contributed by atoms with Gasteiger partial charge < -0.3 is 9.73 Å². The molecule has 1 aliphatic rings. The molecule has 3 nitrogen and oxygen atoms in total. The summed E-state index contributed by atoms with van der Waals surface area (Å²) in [6, 6.07) is 5.60. The quantitative estimate of drug-likeness (QED) is 0.877. The molecule has 0 radical (unpaired) electrons. The second kappa shape index (κ2) is 5.98. The monoisotopic (exact) mass is 293 g/mol. The van der Waals surface area contributed by atoms with Crippen LogP contribution >= 0.6 is 12.4 Å². The fourth-order valence-electron chi connectivity index (χ4n) is 2.74. The Balaban J connectivity index is 0.00000147. The van der Waals surface area contributed by atoms with Crippen molar-refractivity contribution in [3.8, 4) is 0 Å². The molecule has 2 aromatic rings. The molecule has 0 amide bonds. The van der Waals surface area contributed by atoms with Crippen molar-refractivity contribution in [1.82, 2.24) is 5.32 Å². The van der Waals surface area contributed by atoms with Gasteiger partial charge in [0.25, 0.3) is 0 Å². The lowest BCUT2D eigenvalue weighted by atomic mass is 9.94. The van der Waals surface area contributed by atoms with Crippen LogP contribution in [0.1, 0.15) is 35.6 Å². The van der Waals surface area contributed by atoms with Crippen molar-refractivity contribution in [1.29, 1.82) is 0 Å². The summed E-state index contributed by atoms with van der Waals surface area (Å²) in [7, 11) is 0. The van der Waals surface area contributed by atoms with Gasteiger partial charge in [0.05, 0.1) is 5.39 Å². The fraction of sp³-hybridized carbons (Fsp3) is 0.438. The first-order chi connectivity index (χ1) is 9.15. The van der Waals surface area contributed by atoms with Gasteiger partial charge in [-0.3, -0.25) is 4.79 Å². The second-order valence-electron chi connectivity index (χ2n) is 5.47. The molecule has 1 aliphatic heterocycles. The van der Waals surface area contributed by atoms with Crippen LogP contribution in [-0.2, 0) is 0 Å². The fourth-order valence-corrected chi connectivity index (χ4v) is 2.74. The third-order valence-corrected chi connectivity index (χ3v) is 4.10. The van der Waals surface area contributed by atoms with Gasteiger partial charge in [-0.05, 0) is 63.0 Å². The van der Waals surface area contributed by atoms with E-state index in [-0.39, 0.29) is 17.8 Å². The lowest BCUT2D eigenvalue weighted by Gasteiger charge is -2.21. The Morgan fingerprint density at radius 3 is 2.45 bits per heavy atom. The van der Waals surface area contributed by atoms with Gasteiger partial charge in [-0.15, -0.1) is 12.4 Å². The van der Waals surface area contributed by atoms with Gasteiger partial charge in [-0.1, -0.05) is 0 Å². The number of benzene rings is 1. The molecular formula is C16H20ClNO2. The summed E-state index contributed by atoms with van der Waals surface area (Å²) >= 11 is 0. The highest BCUT2D eigenvalue weighted by atomic mass is 35.5. The predicted molar refractivity (Wildman–Crippen MR) is 84.1 cm³/mol. The van der Waals surface area contributed by atoms with E-state index in [2.05, 4.69) is 5.32 Å². The molecule has 20 heavy (non-hydrogen) atoms. The van der Waals surface area contributed by atoms with Crippen LogP contribution in [-0.4, -0.2) is 13.1 Å². The molecule has 108 valence electrons. The van der Waals surface area contributed by atoms with Crippen molar-refractivity contribution in [2.24, 2.45) is 0 Å². The second-order valence-corrected chi connectivity index (χ2v) is 5.47. The highest BCUT2D eigenvalue weighted by Crippen LogP contribution is 2.27. The zero-order valence-corrected chi connectivity index (χ0v) is 12.7. The van der Waals surface area contributed by atoms with Crippen LogP contribution in [0, 0.1) is 13.8 Å². The minimum absolute atomic E-state index is 0. The number of hydrogen-bond acceptors (Lipinski definition) is 3. The van der Waals surface area contributed by atoms with E-state index in [1.54, 1.807) is 6.07 Å². The lowest BCUT2D eigenvalue weighted by Crippen LogP contribution is -2.27. The van der Waals surface area contributed by atoms with Crippen molar-refractivity contribution in [2.45, 2.75) is 32.6 Å². The molecule has 1 N–H and O–H groups in total. The molecule has 1 aromatic heterocycles. The Kier molecular flexibility index (Phi) is 4.51. The zero-order chi connectivity index (χ0) is 13.4. The molecule has 0 spiro atoms. The Hall–Kier alpha value is -1.32. The van der Waals surface area contributed by atoms with Crippen LogP contribution in [0.2, 0.25) is 0 Å². The maximum Gasteiger partial charge on any atom is 0.192 e. The lowest BCUT2D eigenvalue weighted by molar-refractivity contribution is 0.392. The SMILES string of the molecule is Cc1cc2oc(C3CCNCC3)cc(=O)c2cc1C.Cl. The molecule has 0 saturated carbocycles. The van der Waals surface area contributed by atoms with Gasteiger partial charge in [0.15, 0.2) is 5.43 Å². The number of aryl methyl sites for hydroxylation is 2. The van der Waals surface area contributed by atoms with Crippen molar-refractivity contribution in [3.05, 3.63) is 45.3 Å². The average molecular weight is 294 g/mol. The molecule has 1 saturated heterocycles. The molecule has 0 unspecified atom stereocenters. The Bertz CT molecular complexity index is 672. The van der Waals surface area contributed by atoms with E-state index in [0.717, 1.165) is 48.4 Å². The summed E-state index contributed by atoms with van der Waals surface area (Å²) in [5, 5.41) is 4.03. The number of hydrogen-bond donors (Lipinski definition) is 1. The first-order valence-electron chi connectivity index (χ1n) is 6.91. The van der Waals surface area contributed by atoms with Gasteiger partial charge >= 0.3 is 0 Å². The van der Waals surface area contributed by atoms with Crippen molar-refractivity contribution in [3.63, 3.8) is 0 Å². The molecule has 0 atom stereocenters. The largest absolute Gasteiger partial charge is 0.461 e. The van der Waals surface area contributed by atoms with Crippen molar-refractivity contribution < 1.29 is 4.42 Å². The molecular weight excluding hydrogens is 274 g/mol. The standard InChI is InChI=1S/C16H19NO2.ClH/c1-10-7-13-14(18)9-15(12-3-5-17-6-4-12)19-16(13)8-11(10)2;/h7-9,12,17H,3-6H2,1-2H3;1H. The highest BCUT2D eigenvalue weighted by Gasteiger charge is 2.19. The van der Waals surface area contributed by atoms with Crippen LogP contribution in [0.4, 0.5) is 0 Å². The topological polar surface area (TPSA) is 42.2 Å². The Morgan fingerprint density at radius 2 is 1.75 bits per heavy atom. The first kappa shape index (κ1) is 15.1. The van der Waals surface area contributed by atoms with Crippen molar-refractivity contribution >= 4 is 23.4 Å². The highest BCUT2D eigenvalue weighted by molar-refractivity contribution is 5.85. The molecule has 2 heterocycles. The van der Waals surface area contributed by atoms with Gasteiger partial charge in [0.2, 0.25) is 0 Å². The van der Waals surface area contributed by atoms with Crippen LogP contribution in [0.5, 0.6) is 0 Å². The average Bonchev–Trinajstić information content (AvgIpc) is 2.42. The molecule has 1 fully saturated rings. The van der Waals surface area contributed by atoms with Crippen LogP contribution < -0.4 is 10.7 Å². The maximum absolute atomic E-state index is 12.2. The van der Waals surface area contributed by atoms with E-state index in [4.69, 9.17) is 4.42 Å². The normalized spacial score (nSPS) is 16.1. The zero-order valence-electron chi connectivity index (χ0n) is 11.9. The maximum atomic E-state index is 12.2. The molecule has 0 aliphatic carbocycles. The van der Waals surface area contributed by atoms with Gasteiger partial charge in [-0.25, -0.2) is 0 Å². The number of rotatable bonds is 1. The Labute approximate surface area is 124 Å². The van der Waals surface area contributed by atoms with Crippen LogP contribution in [0.25, 0.3) is 11.0 Å². The Morgan fingerprint density at radius 1 is 1.10 bits per heavy atom. The first-order valence-corrected chi connectivity index (χ1v) is 6.91. The summed E-state index contributed by atoms with van der Waals surface area (Å²) in [6.45, 7) is 6.07. The number of halogens is 1. The van der Waals surface area contributed by atoms with E-state index in [0.29, 0.717) is 11.3 Å². The van der Waals surface area contributed by atoms with Crippen LogP contribution in [0.3, 0.4) is 0 Å². The third-order valence-electron chi connectivity index (χ3n) is 4.10. The van der Waals surface area contributed by atoms with E-state index in [1.807, 2.05) is 26.0 Å². The van der Waals surface area contributed by atoms with E-state index >= 15 is 0 Å². The van der Waals surface area contributed by atoms with E-state index < -0.39 is 0 Å².